The molecule has 0 spiro atoms. The molecule has 3 nitrogen and oxygen atoms in total. The van der Waals surface area contributed by atoms with Crippen LogP contribution in [0.25, 0.3) is 28.1 Å². The van der Waals surface area contributed by atoms with Gasteiger partial charge < -0.3 is 9.88 Å². The number of nitrogens with one attached hydrogen (secondary N) is 1. The Hall–Kier alpha value is -2.99. The Balaban J connectivity index is 1.75. The molecule has 1 N–H and O–H groups in total. The number of anilines is 1. The summed E-state index contributed by atoms with van der Waals surface area (Å²) in [7, 11) is 0. The normalized spacial score (nSPS) is 18.1. The van der Waals surface area contributed by atoms with Crippen molar-refractivity contribution in [2.75, 3.05) is 5.32 Å². The summed E-state index contributed by atoms with van der Waals surface area (Å²) in [5.74, 6) is 0. The second-order valence-corrected chi connectivity index (χ2v) is 9.48. The van der Waals surface area contributed by atoms with Crippen molar-refractivity contribution in [2.45, 2.75) is 64.5 Å². The maximum atomic E-state index is 9.67. The minimum absolute atomic E-state index is 0.0488. The summed E-state index contributed by atoms with van der Waals surface area (Å²) in [5, 5.41) is 14.5. The number of aryl methyl sites for hydroxylation is 1. The Kier molecular flexibility index (Phi) is 4.47. The van der Waals surface area contributed by atoms with Gasteiger partial charge in [-0.1, -0.05) is 43.5 Å². The highest BCUT2D eigenvalue weighted by atomic mass is 15.0. The van der Waals surface area contributed by atoms with Crippen molar-refractivity contribution in [2.24, 2.45) is 0 Å². The van der Waals surface area contributed by atoms with Gasteiger partial charge >= 0.3 is 0 Å². The predicted octanol–water partition coefficient (Wildman–Crippen LogP) is 7.21. The number of aromatic nitrogens is 1. The zero-order valence-electron chi connectivity index (χ0n) is 18.1. The molecule has 0 unspecified atom stereocenters. The van der Waals surface area contributed by atoms with Crippen molar-refractivity contribution in [1.29, 1.82) is 5.26 Å². The minimum Gasteiger partial charge on any atom is -0.376 e. The number of hydrogen-bond donors (Lipinski definition) is 1. The quantitative estimate of drug-likeness (QED) is 0.498. The number of benzene rings is 2. The van der Waals surface area contributed by atoms with Gasteiger partial charge in [0.2, 0.25) is 0 Å². The van der Waals surface area contributed by atoms with Crippen LogP contribution in [-0.2, 0) is 0 Å². The molecule has 0 radical (unpaired) electrons. The molecule has 1 aliphatic carbocycles. The molecular formula is C27H29N3. The van der Waals surface area contributed by atoms with E-state index in [1.807, 2.05) is 0 Å². The first-order chi connectivity index (χ1) is 14.5. The van der Waals surface area contributed by atoms with Crippen LogP contribution < -0.4 is 5.32 Å². The number of nitriles is 1. The van der Waals surface area contributed by atoms with Crippen molar-refractivity contribution in [3.05, 3.63) is 59.3 Å². The number of hydrogen-bond acceptors (Lipinski definition) is 2. The molecule has 1 aliphatic heterocycles. The van der Waals surface area contributed by atoms with Crippen LogP contribution in [-0.4, -0.2) is 10.1 Å². The van der Waals surface area contributed by atoms with Crippen molar-refractivity contribution in [3.63, 3.8) is 0 Å². The molecule has 1 saturated carbocycles. The molecular weight excluding hydrogens is 366 g/mol. The maximum Gasteiger partial charge on any atom is 0.0994 e. The zero-order valence-corrected chi connectivity index (χ0v) is 18.1. The molecule has 0 atom stereocenters. The van der Waals surface area contributed by atoms with Crippen LogP contribution in [0, 0.1) is 18.3 Å². The topological polar surface area (TPSA) is 40.8 Å². The third-order valence-electron chi connectivity index (χ3n) is 6.79. The highest BCUT2D eigenvalue weighted by Crippen LogP contribution is 2.42. The number of rotatable bonds is 2. The third kappa shape index (κ3) is 3.12. The van der Waals surface area contributed by atoms with Gasteiger partial charge in [0, 0.05) is 40.0 Å². The van der Waals surface area contributed by atoms with E-state index in [0.717, 1.165) is 11.1 Å². The van der Waals surface area contributed by atoms with Gasteiger partial charge in [-0.15, -0.1) is 0 Å². The second kappa shape index (κ2) is 7.06. The summed E-state index contributed by atoms with van der Waals surface area (Å²) in [6.45, 7) is 6.43. The monoisotopic (exact) mass is 395 g/mol. The van der Waals surface area contributed by atoms with E-state index in [-0.39, 0.29) is 5.54 Å². The summed E-state index contributed by atoms with van der Waals surface area (Å²) >= 11 is 0. The van der Waals surface area contributed by atoms with Crippen LogP contribution in [0.1, 0.15) is 68.7 Å². The smallest absolute Gasteiger partial charge is 0.0994 e. The van der Waals surface area contributed by atoms with Gasteiger partial charge in [-0.05, 0) is 62.9 Å². The Labute approximate surface area is 179 Å². The molecule has 2 aliphatic rings. The molecule has 0 amide bonds. The van der Waals surface area contributed by atoms with Crippen LogP contribution >= 0.6 is 0 Å². The van der Waals surface area contributed by atoms with Gasteiger partial charge in [0.15, 0.2) is 0 Å². The van der Waals surface area contributed by atoms with Gasteiger partial charge in [0.25, 0.3) is 0 Å². The van der Waals surface area contributed by atoms with E-state index in [2.05, 4.69) is 85.4 Å². The fourth-order valence-corrected chi connectivity index (χ4v) is 5.17. The third-order valence-corrected chi connectivity index (χ3v) is 6.79. The Morgan fingerprint density at radius 2 is 1.90 bits per heavy atom. The van der Waals surface area contributed by atoms with E-state index in [4.69, 9.17) is 0 Å². The van der Waals surface area contributed by atoms with E-state index in [1.165, 1.54) is 65.4 Å². The molecule has 5 rings (SSSR count). The molecule has 2 heterocycles. The molecule has 1 fully saturated rings. The van der Waals surface area contributed by atoms with Crippen molar-refractivity contribution < 1.29 is 0 Å². The van der Waals surface area contributed by atoms with Gasteiger partial charge in [0.1, 0.15) is 0 Å². The Morgan fingerprint density at radius 1 is 1.10 bits per heavy atom. The SMILES string of the molecule is Cc1cc2c(cc1C#N)c(-c1cccc3c1C=CC(C)(C)N3)cn2C1CCCCC1. The number of fused-ring (bicyclic) bond motifs is 2. The van der Waals surface area contributed by atoms with E-state index >= 15 is 0 Å². The lowest BCUT2D eigenvalue weighted by Gasteiger charge is -2.30. The maximum absolute atomic E-state index is 9.67. The highest BCUT2D eigenvalue weighted by molar-refractivity contribution is 6.01. The summed E-state index contributed by atoms with van der Waals surface area (Å²) in [6, 6.07) is 13.8. The van der Waals surface area contributed by atoms with Crippen LogP contribution in [0.5, 0.6) is 0 Å². The minimum atomic E-state index is -0.0488. The summed E-state index contributed by atoms with van der Waals surface area (Å²) in [6.07, 6.45) is 13.3. The summed E-state index contributed by atoms with van der Waals surface area (Å²) in [5.41, 5.74) is 7.92. The van der Waals surface area contributed by atoms with Crippen molar-refractivity contribution >= 4 is 22.7 Å². The molecule has 0 bridgehead atoms. The molecule has 30 heavy (non-hydrogen) atoms. The average Bonchev–Trinajstić information content (AvgIpc) is 3.10. The van der Waals surface area contributed by atoms with Gasteiger partial charge in [-0.2, -0.15) is 5.26 Å². The fraction of sp³-hybridized carbons (Fsp3) is 0.370. The van der Waals surface area contributed by atoms with Gasteiger partial charge in [-0.3, -0.25) is 0 Å². The lowest BCUT2D eigenvalue weighted by molar-refractivity contribution is 0.361. The van der Waals surface area contributed by atoms with E-state index in [1.54, 1.807) is 0 Å². The lowest BCUT2D eigenvalue weighted by atomic mass is 9.91. The molecule has 0 saturated heterocycles. The molecule has 152 valence electrons. The lowest BCUT2D eigenvalue weighted by Crippen LogP contribution is -2.30. The average molecular weight is 396 g/mol. The summed E-state index contributed by atoms with van der Waals surface area (Å²) in [4.78, 5) is 0. The van der Waals surface area contributed by atoms with Crippen LogP contribution in [0.4, 0.5) is 5.69 Å². The molecule has 2 aromatic carbocycles. The first kappa shape index (κ1) is 19.0. The Bertz CT molecular complexity index is 1200. The Morgan fingerprint density at radius 3 is 2.67 bits per heavy atom. The van der Waals surface area contributed by atoms with E-state index in [0.29, 0.717) is 6.04 Å². The largest absolute Gasteiger partial charge is 0.376 e. The standard InChI is InChI=1S/C27H29N3/c1-18-14-26-23(15-19(18)16-28)24(17-30(26)20-8-5-4-6-9-20)21-10-7-11-25-22(21)12-13-27(2,3)29-25/h7,10-15,17,20,29H,4-6,8-9H2,1-3H3. The molecule has 3 aromatic rings. The van der Waals surface area contributed by atoms with Crippen molar-refractivity contribution in [1.82, 2.24) is 4.57 Å². The van der Waals surface area contributed by atoms with Crippen LogP contribution in [0.15, 0.2) is 42.6 Å². The predicted molar refractivity (Wildman–Crippen MR) is 126 cm³/mol. The van der Waals surface area contributed by atoms with E-state index in [9.17, 15) is 5.26 Å². The molecule has 1 aromatic heterocycles. The van der Waals surface area contributed by atoms with E-state index < -0.39 is 0 Å². The number of nitrogens with zero attached hydrogens (tertiary/aromatic N) is 2. The zero-order chi connectivity index (χ0) is 20.9. The second-order valence-electron chi connectivity index (χ2n) is 9.48. The van der Waals surface area contributed by atoms with Gasteiger partial charge in [0.05, 0.1) is 17.2 Å². The fourth-order valence-electron chi connectivity index (χ4n) is 5.17. The van der Waals surface area contributed by atoms with Crippen LogP contribution in [0.3, 0.4) is 0 Å². The first-order valence-corrected chi connectivity index (χ1v) is 11.1. The van der Waals surface area contributed by atoms with Crippen molar-refractivity contribution in [3.8, 4) is 17.2 Å². The highest BCUT2D eigenvalue weighted by Gasteiger charge is 2.24. The summed E-state index contributed by atoms with van der Waals surface area (Å²) < 4.78 is 2.50. The first-order valence-electron chi connectivity index (χ1n) is 11.1. The van der Waals surface area contributed by atoms with Crippen LogP contribution in [0.2, 0.25) is 0 Å². The van der Waals surface area contributed by atoms with Gasteiger partial charge in [-0.25, -0.2) is 0 Å². The molecule has 3 heteroatoms.